The standard InChI is InChI=1S/C30H24N2.2C2H6/c1-20(2)22-9-7-8-14-30(22)32-29(17-18-31-32)21-15-16-27-25-12-4-3-10-23(25)24-11-5-6-13-26(24)28(27)19-21;2*1-2/h3-20H,1-2H3;2*1-2H3. The van der Waals surface area contributed by atoms with E-state index in [-0.39, 0.29) is 0 Å². The van der Waals surface area contributed by atoms with Gasteiger partial charge in [0.1, 0.15) is 0 Å². The van der Waals surface area contributed by atoms with Crippen LogP contribution in [0.25, 0.3) is 49.3 Å². The molecule has 2 heteroatoms. The van der Waals surface area contributed by atoms with Crippen LogP contribution in [-0.2, 0) is 0 Å². The quantitative estimate of drug-likeness (QED) is 0.234. The highest BCUT2D eigenvalue weighted by atomic mass is 15.3. The molecule has 182 valence electrons. The fraction of sp³-hybridized carbons (Fsp3) is 0.206. The van der Waals surface area contributed by atoms with E-state index in [9.17, 15) is 0 Å². The average molecular weight is 473 g/mol. The number of para-hydroxylation sites is 1. The van der Waals surface area contributed by atoms with Crippen LogP contribution in [0.4, 0.5) is 0 Å². The SMILES string of the molecule is CC.CC.CC(C)c1ccccc1-n1nccc1-c1ccc2c3ccccc3c3ccccc3c2c1. The van der Waals surface area contributed by atoms with Crippen molar-refractivity contribution in [2.24, 2.45) is 0 Å². The molecule has 0 unspecified atom stereocenters. The zero-order valence-corrected chi connectivity index (χ0v) is 22.3. The molecule has 6 aromatic rings. The molecule has 0 radical (unpaired) electrons. The highest BCUT2D eigenvalue weighted by Gasteiger charge is 2.15. The maximum Gasteiger partial charge on any atom is 0.0741 e. The molecule has 0 saturated heterocycles. The topological polar surface area (TPSA) is 17.8 Å². The largest absolute Gasteiger partial charge is 0.233 e. The second kappa shape index (κ2) is 11.2. The second-order valence-corrected chi connectivity index (χ2v) is 8.69. The normalized spacial score (nSPS) is 10.8. The number of hydrogen-bond donors (Lipinski definition) is 0. The number of aromatic nitrogens is 2. The first-order valence-corrected chi connectivity index (χ1v) is 13.2. The molecule has 0 bridgehead atoms. The lowest BCUT2D eigenvalue weighted by Gasteiger charge is -2.16. The molecule has 0 N–H and O–H groups in total. The Morgan fingerprint density at radius 3 is 1.64 bits per heavy atom. The molecule has 0 aliphatic heterocycles. The first-order chi connectivity index (χ1) is 17.7. The van der Waals surface area contributed by atoms with Crippen LogP contribution in [0.2, 0.25) is 0 Å². The predicted molar refractivity (Wildman–Crippen MR) is 158 cm³/mol. The highest BCUT2D eigenvalue weighted by molar-refractivity contribution is 6.25. The van der Waals surface area contributed by atoms with Crippen molar-refractivity contribution >= 4 is 32.3 Å². The van der Waals surface area contributed by atoms with E-state index >= 15 is 0 Å². The maximum atomic E-state index is 4.71. The summed E-state index contributed by atoms with van der Waals surface area (Å²) in [5.41, 5.74) is 4.73. The molecule has 0 saturated carbocycles. The molecule has 0 fully saturated rings. The maximum absolute atomic E-state index is 4.71. The van der Waals surface area contributed by atoms with E-state index in [4.69, 9.17) is 5.10 Å². The van der Waals surface area contributed by atoms with Gasteiger partial charge in [0.15, 0.2) is 0 Å². The summed E-state index contributed by atoms with van der Waals surface area (Å²) in [6.45, 7) is 12.5. The minimum atomic E-state index is 0.426. The minimum Gasteiger partial charge on any atom is -0.233 e. The number of fused-ring (bicyclic) bond motifs is 6. The van der Waals surface area contributed by atoms with E-state index in [1.54, 1.807) is 0 Å². The van der Waals surface area contributed by atoms with Crippen LogP contribution < -0.4 is 0 Å². The van der Waals surface area contributed by atoms with Gasteiger partial charge in [0, 0.05) is 5.56 Å². The summed E-state index contributed by atoms with van der Waals surface area (Å²) in [7, 11) is 0. The van der Waals surface area contributed by atoms with Gasteiger partial charge in [-0.2, -0.15) is 5.10 Å². The van der Waals surface area contributed by atoms with Crippen LogP contribution in [0, 0.1) is 0 Å². The Hall–Kier alpha value is -3.91. The molecular formula is C34H36N2. The van der Waals surface area contributed by atoms with Crippen LogP contribution in [0.5, 0.6) is 0 Å². The third-order valence-corrected chi connectivity index (χ3v) is 6.47. The van der Waals surface area contributed by atoms with Gasteiger partial charge in [-0.3, -0.25) is 0 Å². The molecule has 1 heterocycles. The summed E-state index contributed by atoms with van der Waals surface area (Å²) >= 11 is 0. The molecular weight excluding hydrogens is 436 g/mol. The van der Waals surface area contributed by atoms with Crippen LogP contribution in [0.1, 0.15) is 53.0 Å². The number of nitrogens with zero attached hydrogens (tertiary/aromatic N) is 2. The van der Waals surface area contributed by atoms with Gasteiger partial charge >= 0.3 is 0 Å². The molecule has 0 aliphatic rings. The second-order valence-electron chi connectivity index (χ2n) is 8.69. The van der Waals surface area contributed by atoms with Crippen molar-refractivity contribution in [2.75, 3.05) is 0 Å². The lowest BCUT2D eigenvalue weighted by molar-refractivity contribution is 0.812. The van der Waals surface area contributed by atoms with Gasteiger partial charge in [-0.15, -0.1) is 0 Å². The molecule has 0 spiro atoms. The Bertz CT molecular complexity index is 1570. The highest BCUT2D eigenvalue weighted by Crippen LogP contribution is 2.37. The van der Waals surface area contributed by atoms with Crippen molar-refractivity contribution in [3.63, 3.8) is 0 Å². The van der Waals surface area contributed by atoms with Gasteiger partial charge in [-0.05, 0) is 62.0 Å². The molecule has 0 atom stereocenters. The van der Waals surface area contributed by atoms with Crippen molar-refractivity contribution in [3.05, 3.63) is 109 Å². The fourth-order valence-corrected chi connectivity index (χ4v) is 4.95. The molecule has 36 heavy (non-hydrogen) atoms. The van der Waals surface area contributed by atoms with Gasteiger partial charge < -0.3 is 0 Å². The van der Waals surface area contributed by atoms with Crippen LogP contribution in [-0.4, -0.2) is 9.78 Å². The van der Waals surface area contributed by atoms with Crippen molar-refractivity contribution in [3.8, 4) is 16.9 Å². The van der Waals surface area contributed by atoms with E-state index in [2.05, 4.69) is 116 Å². The molecule has 0 aliphatic carbocycles. The fourth-order valence-electron chi connectivity index (χ4n) is 4.95. The summed E-state index contributed by atoms with van der Waals surface area (Å²) < 4.78 is 2.08. The summed E-state index contributed by atoms with van der Waals surface area (Å²) in [6.07, 6.45) is 1.90. The smallest absolute Gasteiger partial charge is 0.0741 e. The van der Waals surface area contributed by atoms with Crippen molar-refractivity contribution in [2.45, 2.75) is 47.5 Å². The first-order valence-electron chi connectivity index (χ1n) is 13.2. The molecule has 6 rings (SSSR count). The molecule has 0 amide bonds. The monoisotopic (exact) mass is 472 g/mol. The van der Waals surface area contributed by atoms with Crippen molar-refractivity contribution < 1.29 is 0 Å². The van der Waals surface area contributed by atoms with Gasteiger partial charge in [-0.25, -0.2) is 4.68 Å². The summed E-state index contributed by atoms with van der Waals surface area (Å²) in [5, 5.41) is 12.5. The summed E-state index contributed by atoms with van der Waals surface area (Å²) in [4.78, 5) is 0. The van der Waals surface area contributed by atoms with E-state index in [0.29, 0.717) is 5.92 Å². The van der Waals surface area contributed by atoms with Crippen LogP contribution >= 0.6 is 0 Å². The Balaban J connectivity index is 0.000000726. The van der Waals surface area contributed by atoms with Gasteiger partial charge in [-0.1, -0.05) is 120 Å². The van der Waals surface area contributed by atoms with E-state index < -0.39 is 0 Å². The lowest BCUT2D eigenvalue weighted by Crippen LogP contribution is -2.04. The van der Waals surface area contributed by atoms with Crippen LogP contribution in [0.15, 0.2) is 103 Å². The zero-order valence-electron chi connectivity index (χ0n) is 22.3. The number of rotatable bonds is 3. The Labute approximate surface area is 215 Å². The average Bonchev–Trinajstić information content (AvgIpc) is 3.45. The van der Waals surface area contributed by atoms with Crippen molar-refractivity contribution in [1.29, 1.82) is 0 Å². The first kappa shape index (κ1) is 25.2. The molecule has 5 aromatic carbocycles. The van der Waals surface area contributed by atoms with Crippen LogP contribution in [0.3, 0.4) is 0 Å². The Morgan fingerprint density at radius 1 is 0.556 bits per heavy atom. The minimum absolute atomic E-state index is 0.426. The van der Waals surface area contributed by atoms with E-state index in [0.717, 1.165) is 11.4 Å². The third kappa shape index (κ3) is 4.40. The number of benzene rings is 5. The van der Waals surface area contributed by atoms with Gasteiger partial charge in [0.25, 0.3) is 0 Å². The number of hydrogen-bond acceptors (Lipinski definition) is 1. The van der Waals surface area contributed by atoms with Crippen molar-refractivity contribution in [1.82, 2.24) is 9.78 Å². The third-order valence-electron chi connectivity index (χ3n) is 6.47. The van der Waals surface area contributed by atoms with E-state index in [1.165, 1.54) is 43.4 Å². The predicted octanol–water partition coefficient (Wildman–Crippen LogP) is 10.2. The molecule has 1 aromatic heterocycles. The summed E-state index contributed by atoms with van der Waals surface area (Å²) in [6, 6.07) is 34.9. The lowest BCUT2D eigenvalue weighted by atomic mass is 9.93. The molecule has 2 nitrogen and oxygen atoms in total. The van der Waals surface area contributed by atoms with E-state index in [1.807, 2.05) is 33.9 Å². The van der Waals surface area contributed by atoms with Gasteiger partial charge in [0.05, 0.1) is 17.6 Å². The Morgan fingerprint density at radius 2 is 1.06 bits per heavy atom. The van der Waals surface area contributed by atoms with Gasteiger partial charge in [0.2, 0.25) is 0 Å². The Kier molecular flexibility index (Phi) is 7.85. The summed E-state index contributed by atoms with van der Waals surface area (Å²) in [5.74, 6) is 0.426. The zero-order chi connectivity index (χ0) is 25.7.